The minimum atomic E-state index is -0.312. The number of aromatic nitrogens is 1. The molecular weight excluding hydrogens is 258 g/mol. The topological polar surface area (TPSA) is 57.7 Å². The first kappa shape index (κ1) is 14.1. The Labute approximate surface area is 117 Å². The first-order chi connectivity index (χ1) is 9.65. The Bertz CT molecular complexity index is 625. The van der Waals surface area contributed by atoms with E-state index in [0.29, 0.717) is 23.8 Å². The van der Waals surface area contributed by atoms with E-state index in [9.17, 15) is 4.79 Å². The Morgan fingerprint density at radius 2 is 2.05 bits per heavy atom. The third-order valence-corrected chi connectivity index (χ3v) is 2.83. The zero-order valence-corrected chi connectivity index (χ0v) is 11.8. The number of carbonyl (C=O) groups is 1. The van der Waals surface area contributed by atoms with Gasteiger partial charge in [0.1, 0.15) is 17.9 Å². The molecule has 1 aromatic heterocycles. The minimum Gasteiger partial charge on any atom is -0.494 e. The van der Waals surface area contributed by atoms with Crippen molar-refractivity contribution in [3.05, 3.63) is 29.8 Å². The van der Waals surface area contributed by atoms with Crippen molar-refractivity contribution >= 4 is 16.9 Å². The van der Waals surface area contributed by atoms with Gasteiger partial charge in [0.05, 0.1) is 13.7 Å². The van der Waals surface area contributed by atoms with E-state index in [2.05, 4.69) is 4.98 Å². The van der Waals surface area contributed by atoms with Crippen LogP contribution in [0.1, 0.15) is 19.4 Å². The van der Waals surface area contributed by atoms with Crippen LogP contribution in [0.25, 0.3) is 10.9 Å². The van der Waals surface area contributed by atoms with Gasteiger partial charge in [-0.1, -0.05) is 6.07 Å². The van der Waals surface area contributed by atoms with Gasteiger partial charge in [0.25, 0.3) is 0 Å². The van der Waals surface area contributed by atoms with Gasteiger partial charge in [-0.3, -0.25) is 4.79 Å². The Balaban J connectivity index is 2.48. The molecule has 0 aliphatic carbocycles. The van der Waals surface area contributed by atoms with Crippen LogP contribution in [0.5, 0.6) is 11.6 Å². The van der Waals surface area contributed by atoms with Crippen LogP contribution in [-0.4, -0.2) is 24.7 Å². The summed E-state index contributed by atoms with van der Waals surface area (Å²) in [5, 5.41) is 0.883. The van der Waals surface area contributed by atoms with Crippen molar-refractivity contribution in [1.82, 2.24) is 4.98 Å². The molecule has 2 rings (SSSR count). The number of ether oxygens (including phenoxy) is 3. The highest BCUT2D eigenvalue weighted by molar-refractivity contribution is 5.88. The van der Waals surface area contributed by atoms with Crippen LogP contribution >= 0.6 is 0 Å². The van der Waals surface area contributed by atoms with Gasteiger partial charge in [-0.05, 0) is 24.6 Å². The molecule has 0 spiro atoms. The van der Waals surface area contributed by atoms with Gasteiger partial charge in [0, 0.05) is 18.4 Å². The lowest BCUT2D eigenvalue weighted by Gasteiger charge is -2.11. The maximum absolute atomic E-state index is 10.9. The van der Waals surface area contributed by atoms with Crippen molar-refractivity contribution in [2.75, 3.05) is 13.7 Å². The van der Waals surface area contributed by atoms with Crippen molar-refractivity contribution in [3.63, 3.8) is 0 Å². The molecule has 5 nitrogen and oxygen atoms in total. The van der Waals surface area contributed by atoms with Crippen LogP contribution in [0.15, 0.2) is 24.3 Å². The molecule has 1 heterocycles. The fourth-order valence-electron chi connectivity index (χ4n) is 1.93. The summed E-state index contributed by atoms with van der Waals surface area (Å²) in [6.45, 7) is 4.05. The number of hydrogen-bond acceptors (Lipinski definition) is 5. The summed E-state index contributed by atoms with van der Waals surface area (Å²) in [4.78, 5) is 15.4. The molecule has 0 bridgehead atoms. The Morgan fingerprint density at radius 3 is 2.70 bits per heavy atom. The number of esters is 1. The molecule has 2 aromatic rings. The van der Waals surface area contributed by atoms with Gasteiger partial charge in [0.2, 0.25) is 5.88 Å². The number of rotatable bonds is 5. The van der Waals surface area contributed by atoms with Crippen molar-refractivity contribution in [2.24, 2.45) is 0 Å². The Hall–Kier alpha value is -2.30. The molecule has 0 fully saturated rings. The number of carbonyl (C=O) groups excluding carboxylic acids is 1. The first-order valence-corrected chi connectivity index (χ1v) is 6.38. The van der Waals surface area contributed by atoms with Crippen LogP contribution < -0.4 is 9.47 Å². The molecule has 0 N–H and O–H groups in total. The highest BCUT2D eigenvalue weighted by Crippen LogP contribution is 2.29. The highest BCUT2D eigenvalue weighted by atomic mass is 16.5. The summed E-state index contributed by atoms with van der Waals surface area (Å²) in [7, 11) is 1.59. The molecule has 0 aliphatic rings. The van der Waals surface area contributed by atoms with E-state index < -0.39 is 0 Å². The van der Waals surface area contributed by atoms with E-state index in [4.69, 9.17) is 14.2 Å². The summed E-state index contributed by atoms with van der Waals surface area (Å²) < 4.78 is 15.8. The highest BCUT2D eigenvalue weighted by Gasteiger charge is 2.10. The average Bonchev–Trinajstić information content (AvgIpc) is 2.44. The quantitative estimate of drug-likeness (QED) is 0.785. The zero-order chi connectivity index (χ0) is 14.5. The number of nitrogens with zero attached hydrogens (tertiary/aromatic N) is 1. The molecule has 0 saturated heterocycles. The third-order valence-electron chi connectivity index (χ3n) is 2.83. The molecule has 20 heavy (non-hydrogen) atoms. The first-order valence-electron chi connectivity index (χ1n) is 6.38. The number of methoxy groups -OCH3 is 1. The molecular formula is C15H17NO4. The maximum Gasteiger partial charge on any atom is 0.302 e. The molecule has 106 valence electrons. The zero-order valence-electron chi connectivity index (χ0n) is 11.8. The van der Waals surface area contributed by atoms with Gasteiger partial charge in [-0.25, -0.2) is 4.98 Å². The summed E-state index contributed by atoms with van der Waals surface area (Å²) in [6.07, 6.45) is 0. The van der Waals surface area contributed by atoms with E-state index >= 15 is 0 Å². The van der Waals surface area contributed by atoms with Crippen molar-refractivity contribution < 1.29 is 19.0 Å². The van der Waals surface area contributed by atoms with Crippen LogP contribution in [0, 0.1) is 0 Å². The molecule has 0 radical (unpaired) electrons. The molecule has 0 amide bonds. The second kappa shape index (κ2) is 6.23. The molecule has 5 heteroatoms. The van der Waals surface area contributed by atoms with Gasteiger partial charge in [0.15, 0.2) is 0 Å². The lowest BCUT2D eigenvalue weighted by molar-refractivity contribution is -0.142. The number of pyridine rings is 1. The standard InChI is InChI=1S/C15H17NO4/c1-4-19-14-8-6-12-11(9-20-10(2)17)5-7-13(18-3)15(12)16-14/h5-8H,4,9H2,1-3H3. The number of fused-ring (bicyclic) bond motifs is 1. The number of hydrogen-bond donors (Lipinski definition) is 0. The van der Waals surface area contributed by atoms with Gasteiger partial charge >= 0.3 is 5.97 Å². The normalized spacial score (nSPS) is 10.3. The summed E-state index contributed by atoms with van der Waals surface area (Å²) in [6, 6.07) is 7.37. The van der Waals surface area contributed by atoms with Gasteiger partial charge in [-0.2, -0.15) is 0 Å². The lowest BCUT2D eigenvalue weighted by atomic mass is 10.1. The summed E-state index contributed by atoms with van der Waals surface area (Å²) in [5.74, 6) is 0.893. The van der Waals surface area contributed by atoms with Crippen molar-refractivity contribution in [3.8, 4) is 11.6 Å². The van der Waals surface area contributed by atoms with Crippen LogP contribution in [0.3, 0.4) is 0 Å². The molecule has 0 unspecified atom stereocenters. The van der Waals surface area contributed by atoms with Crippen LogP contribution in [0.4, 0.5) is 0 Å². The maximum atomic E-state index is 10.9. The molecule has 1 aromatic carbocycles. The SMILES string of the molecule is CCOc1ccc2c(COC(C)=O)ccc(OC)c2n1. The van der Waals surface area contributed by atoms with Gasteiger partial charge in [-0.15, -0.1) is 0 Å². The van der Waals surface area contributed by atoms with E-state index in [1.165, 1.54) is 6.92 Å². The van der Waals surface area contributed by atoms with Crippen molar-refractivity contribution in [2.45, 2.75) is 20.5 Å². The van der Waals surface area contributed by atoms with E-state index in [1.807, 2.05) is 25.1 Å². The Kier molecular flexibility index (Phi) is 4.40. The molecule has 0 atom stereocenters. The number of benzene rings is 1. The molecule has 0 saturated carbocycles. The van der Waals surface area contributed by atoms with Crippen LogP contribution in [0.2, 0.25) is 0 Å². The second-order valence-corrected chi connectivity index (χ2v) is 4.19. The summed E-state index contributed by atoms with van der Waals surface area (Å²) in [5.41, 5.74) is 1.58. The van der Waals surface area contributed by atoms with E-state index in [0.717, 1.165) is 10.9 Å². The second-order valence-electron chi connectivity index (χ2n) is 4.19. The monoisotopic (exact) mass is 275 g/mol. The summed E-state index contributed by atoms with van der Waals surface area (Å²) >= 11 is 0. The largest absolute Gasteiger partial charge is 0.494 e. The van der Waals surface area contributed by atoms with E-state index in [-0.39, 0.29) is 12.6 Å². The molecule has 0 aliphatic heterocycles. The predicted molar refractivity (Wildman–Crippen MR) is 74.9 cm³/mol. The lowest BCUT2D eigenvalue weighted by Crippen LogP contribution is -2.01. The van der Waals surface area contributed by atoms with Gasteiger partial charge < -0.3 is 14.2 Å². The van der Waals surface area contributed by atoms with Crippen LogP contribution in [-0.2, 0) is 16.1 Å². The minimum absolute atomic E-state index is 0.214. The smallest absolute Gasteiger partial charge is 0.302 e. The Morgan fingerprint density at radius 1 is 1.25 bits per heavy atom. The average molecular weight is 275 g/mol. The van der Waals surface area contributed by atoms with Crippen molar-refractivity contribution in [1.29, 1.82) is 0 Å². The fraction of sp³-hybridized carbons (Fsp3) is 0.333. The third kappa shape index (κ3) is 2.99. The van der Waals surface area contributed by atoms with E-state index in [1.54, 1.807) is 13.2 Å². The predicted octanol–water partition coefficient (Wildman–Crippen LogP) is 2.71. The fourth-order valence-corrected chi connectivity index (χ4v) is 1.93.